The summed E-state index contributed by atoms with van der Waals surface area (Å²) in [7, 11) is 2.80. The number of methoxy groups -OCH3 is 2. The number of rotatable bonds is 14. The Balaban J connectivity index is 0.000000203. The van der Waals surface area contributed by atoms with E-state index >= 15 is 0 Å². The number of aryl methyl sites for hydroxylation is 4. The largest absolute Gasteiger partial charge is 0.508 e. The van der Waals surface area contributed by atoms with Crippen molar-refractivity contribution in [2.75, 3.05) is 14.2 Å². The third-order valence-corrected chi connectivity index (χ3v) is 10.9. The highest BCUT2D eigenvalue weighted by atomic mass is 79.9. The van der Waals surface area contributed by atoms with Gasteiger partial charge in [0, 0.05) is 5.33 Å². The van der Waals surface area contributed by atoms with Gasteiger partial charge in [-0.25, -0.2) is 0 Å². The fraction of sp³-hybridized carbons (Fsp3) is 0.375. The van der Waals surface area contributed by atoms with Gasteiger partial charge in [-0.3, -0.25) is 9.59 Å². The maximum Gasteiger partial charge on any atom is 0.306 e. The number of alkyl halides is 1. The summed E-state index contributed by atoms with van der Waals surface area (Å²) < 4.78 is 15.4. The van der Waals surface area contributed by atoms with Crippen LogP contribution in [0.5, 0.6) is 11.5 Å². The third kappa shape index (κ3) is 14.2. The first-order valence-corrected chi connectivity index (χ1v) is 20.5. The molecular formula is C48H57BrO6. The standard InChI is InChI=1S/C24H28O3.C13H16O3.C11H13Br/c1-3-6-21(16-24(25)26-2)20-11-13-23(14-12-20)27-17-18-9-10-19-7-4-5-8-22(19)15-18;1-3-4-11(9-13(15)16-2)10-5-7-12(14)8-6-10;12-8-9-5-6-10-3-1-2-4-11(10)7-9/h3,9-15,21H,1,4-8,16-17H2,2H3;3,5-8,11,14H,1,4,9H2,2H3;5-7H,1-4,8H2/t21-;11-;/m00./s1. The number of halogens is 1. The Kier molecular flexibility index (Phi) is 18.3. The zero-order valence-corrected chi connectivity index (χ0v) is 34.2. The first kappa shape index (κ1) is 43.1. The number of hydrogen-bond acceptors (Lipinski definition) is 6. The van der Waals surface area contributed by atoms with Crippen molar-refractivity contribution in [2.24, 2.45) is 0 Å². The molecule has 0 fully saturated rings. The van der Waals surface area contributed by atoms with Gasteiger partial charge in [0.2, 0.25) is 0 Å². The molecule has 2 aliphatic rings. The molecular weight excluding hydrogens is 752 g/mol. The lowest BCUT2D eigenvalue weighted by Gasteiger charge is -2.17. The highest BCUT2D eigenvalue weighted by Crippen LogP contribution is 2.29. The zero-order chi connectivity index (χ0) is 39.4. The number of aromatic hydroxyl groups is 1. The zero-order valence-electron chi connectivity index (χ0n) is 32.6. The highest BCUT2D eigenvalue weighted by molar-refractivity contribution is 9.08. The molecule has 4 aromatic rings. The molecule has 0 spiro atoms. The van der Waals surface area contributed by atoms with Gasteiger partial charge < -0.3 is 19.3 Å². The summed E-state index contributed by atoms with van der Waals surface area (Å²) in [6.45, 7) is 8.04. The molecule has 0 radical (unpaired) electrons. The van der Waals surface area contributed by atoms with Crippen molar-refractivity contribution in [1.82, 2.24) is 0 Å². The lowest BCUT2D eigenvalue weighted by atomic mass is 9.90. The topological polar surface area (TPSA) is 82.1 Å². The average molecular weight is 810 g/mol. The Morgan fingerprint density at radius 3 is 1.55 bits per heavy atom. The Hall–Kier alpha value is -4.62. The van der Waals surface area contributed by atoms with E-state index in [1.807, 2.05) is 42.5 Å². The van der Waals surface area contributed by atoms with Gasteiger partial charge >= 0.3 is 11.9 Å². The molecule has 7 heteroatoms. The van der Waals surface area contributed by atoms with Crippen molar-refractivity contribution in [3.63, 3.8) is 0 Å². The van der Waals surface area contributed by atoms with Crippen molar-refractivity contribution in [3.8, 4) is 11.5 Å². The second-order valence-corrected chi connectivity index (χ2v) is 14.8. The monoisotopic (exact) mass is 808 g/mol. The van der Waals surface area contributed by atoms with E-state index in [2.05, 4.69) is 70.2 Å². The van der Waals surface area contributed by atoms with E-state index < -0.39 is 0 Å². The Morgan fingerprint density at radius 2 is 1.09 bits per heavy atom. The minimum absolute atomic E-state index is 0.0607. The molecule has 0 saturated heterocycles. The number of allylic oxidation sites excluding steroid dienone is 2. The number of ether oxygens (including phenoxy) is 3. The minimum Gasteiger partial charge on any atom is -0.508 e. The van der Waals surface area contributed by atoms with Gasteiger partial charge in [-0.05, 0) is 145 Å². The van der Waals surface area contributed by atoms with Crippen LogP contribution in [0.15, 0.2) is 110 Å². The Morgan fingerprint density at radius 1 is 0.655 bits per heavy atom. The number of hydrogen-bond donors (Lipinski definition) is 1. The van der Waals surface area contributed by atoms with E-state index in [1.54, 1.807) is 29.3 Å². The maximum atomic E-state index is 11.6. The summed E-state index contributed by atoms with van der Waals surface area (Å²) in [5.41, 5.74) is 10.9. The van der Waals surface area contributed by atoms with E-state index in [-0.39, 0.29) is 29.5 Å². The van der Waals surface area contributed by atoms with Crippen LogP contribution in [0.25, 0.3) is 0 Å². The first-order valence-electron chi connectivity index (χ1n) is 19.4. The molecule has 4 aromatic carbocycles. The summed E-state index contributed by atoms with van der Waals surface area (Å²) in [6, 6.07) is 28.5. The van der Waals surface area contributed by atoms with E-state index in [1.165, 1.54) is 87.8 Å². The van der Waals surface area contributed by atoms with Gasteiger partial charge in [0.1, 0.15) is 18.1 Å². The maximum absolute atomic E-state index is 11.6. The Labute approximate surface area is 336 Å². The smallest absolute Gasteiger partial charge is 0.306 e. The lowest BCUT2D eigenvalue weighted by molar-refractivity contribution is -0.142. The van der Waals surface area contributed by atoms with Crippen LogP contribution in [0.2, 0.25) is 0 Å². The second-order valence-electron chi connectivity index (χ2n) is 14.2. The van der Waals surface area contributed by atoms with Crippen LogP contribution in [-0.4, -0.2) is 31.3 Å². The molecule has 2 atom stereocenters. The molecule has 2 aliphatic carbocycles. The molecule has 292 valence electrons. The van der Waals surface area contributed by atoms with Crippen LogP contribution in [-0.2, 0) is 56.7 Å². The number of carbonyl (C=O) groups is 2. The summed E-state index contributed by atoms with van der Waals surface area (Å²) in [5, 5.41) is 10.2. The van der Waals surface area contributed by atoms with Crippen molar-refractivity contribution >= 4 is 27.9 Å². The molecule has 0 bridgehead atoms. The molecule has 1 N–H and O–H groups in total. The lowest BCUT2D eigenvalue weighted by Crippen LogP contribution is -2.08. The molecule has 0 aliphatic heterocycles. The number of fused-ring (bicyclic) bond motifs is 2. The third-order valence-electron chi connectivity index (χ3n) is 10.3. The summed E-state index contributed by atoms with van der Waals surface area (Å²) >= 11 is 3.49. The molecule has 0 unspecified atom stereocenters. The molecule has 6 nitrogen and oxygen atoms in total. The van der Waals surface area contributed by atoms with Crippen LogP contribution in [0.3, 0.4) is 0 Å². The quantitative estimate of drug-likeness (QED) is 0.0776. The molecule has 0 aromatic heterocycles. The SMILES string of the molecule is BrCc1ccc2c(c1)CCCC2.C=CC[C@@H](CC(=O)OC)c1ccc(O)cc1.C=CC[C@@H](CC(=O)OC)c1ccc(OCc2ccc3c(c2)CCCC3)cc1. The molecule has 6 rings (SSSR count). The fourth-order valence-corrected chi connectivity index (χ4v) is 7.49. The van der Waals surface area contributed by atoms with Crippen LogP contribution < -0.4 is 4.74 Å². The molecule has 55 heavy (non-hydrogen) atoms. The van der Waals surface area contributed by atoms with E-state index in [9.17, 15) is 14.7 Å². The van der Waals surface area contributed by atoms with Gasteiger partial charge in [-0.1, -0.05) is 88.7 Å². The fourth-order valence-electron chi connectivity index (χ4n) is 7.14. The summed E-state index contributed by atoms with van der Waals surface area (Å²) in [5.74, 6) is 0.774. The number of phenols is 1. The number of carbonyl (C=O) groups excluding carboxylic acids is 2. The van der Waals surface area contributed by atoms with Crippen LogP contribution in [0, 0.1) is 0 Å². The molecule has 0 amide bonds. The van der Waals surface area contributed by atoms with Crippen LogP contribution in [0.4, 0.5) is 0 Å². The molecule has 0 heterocycles. The van der Waals surface area contributed by atoms with Crippen molar-refractivity contribution < 1.29 is 28.9 Å². The highest BCUT2D eigenvalue weighted by Gasteiger charge is 2.17. The Bertz CT molecular complexity index is 1810. The number of benzene rings is 4. The predicted molar refractivity (Wildman–Crippen MR) is 226 cm³/mol. The predicted octanol–water partition coefficient (Wildman–Crippen LogP) is 11.4. The average Bonchev–Trinajstić information content (AvgIpc) is 3.23. The van der Waals surface area contributed by atoms with E-state index in [4.69, 9.17) is 9.47 Å². The second kappa shape index (κ2) is 23.3. The van der Waals surface area contributed by atoms with Crippen LogP contribution >= 0.6 is 15.9 Å². The summed E-state index contributed by atoms with van der Waals surface area (Å²) in [4.78, 5) is 22.8. The minimum atomic E-state index is -0.236. The summed E-state index contributed by atoms with van der Waals surface area (Å²) in [6.07, 6.45) is 16.1. The van der Waals surface area contributed by atoms with E-state index in [0.717, 1.165) is 28.6 Å². The van der Waals surface area contributed by atoms with Gasteiger partial charge in [-0.2, -0.15) is 0 Å². The normalized spacial score (nSPS) is 13.8. The van der Waals surface area contributed by atoms with Crippen LogP contribution in [0.1, 0.15) is 108 Å². The van der Waals surface area contributed by atoms with Gasteiger partial charge in [0.25, 0.3) is 0 Å². The number of phenolic OH excluding ortho intramolecular Hbond substituents is 1. The first-order chi connectivity index (χ1) is 26.8. The van der Waals surface area contributed by atoms with Crippen molar-refractivity contribution in [2.45, 2.75) is 101 Å². The van der Waals surface area contributed by atoms with Gasteiger partial charge in [-0.15, -0.1) is 13.2 Å². The van der Waals surface area contributed by atoms with Gasteiger partial charge in [0.15, 0.2) is 0 Å². The van der Waals surface area contributed by atoms with Crippen molar-refractivity contribution in [3.05, 3.63) is 155 Å². The van der Waals surface area contributed by atoms with Crippen molar-refractivity contribution in [1.29, 1.82) is 0 Å². The van der Waals surface area contributed by atoms with Gasteiger partial charge in [0.05, 0.1) is 27.1 Å². The molecule has 0 saturated carbocycles. The number of esters is 2. The van der Waals surface area contributed by atoms with E-state index in [0.29, 0.717) is 25.9 Å².